The highest BCUT2D eigenvalue weighted by Crippen LogP contribution is 2.28. The van der Waals surface area contributed by atoms with Gasteiger partial charge >= 0.3 is 11.9 Å². The summed E-state index contributed by atoms with van der Waals surface area (Å²) >= 11 is 0. The lowest BCUT2D eigenvalue weighted by atomic mass is 9.87. The molecule has 0 unspecified atom stereocenters. The van der Waals surface area contributed by atoms with Crippen LogP contribution in [-0.2, 0) is 28.5 Å². The van der Waals surface area contributed by atoms with E-state index in [1.807, 2.05) is 20.8 Å². The van der Waals surface area contributed by atoms with Gasteiger partial charge in [-0.2, -0.15) is 0 Å². The summed E-state index contributed by atoms with van der Waals surface area (Å²) in [6.45, 7) is 8.55. The first kappa shape index (κ1) is 19.9. The van der Waals surface area contributed by atoms with Crippen molar-refractivity contribution in [3.8, 4) is 0 Å². The van der Waals surface area contributed by atoms with E-state index in [0.717, 1.165) is 25.7 Å². The fourth-order valence-corrected chi connectivity index (χ4v) is 2.48. The predicted molar refractivity (Wildman–Crippen MR) is 85.0 cm³/mol. The van der Waals surface area contributed by atoms with E-state index in [4.69, 9.17) is 18.9 Å². The summed E-state index contributed by atoms with van der Waals surface area (Å²) in [6, 6.07) is 0. The third-order valence-corrected chi connectivity index (χ3v) is 3.52. The highest BCUT2D eigenvalue weighted by atomic mass is 16.6. The molecule has 23 heavy (non-hydrogen) atoms. The molecule has 0 radical (unpaired) electrons. The van der Waals surface area contributed by atoms with Crippen molar-refractivity contribution in [1.29, 1.82) is 0 Å². The van der Waals surface area contributed by atoms with E-state index in [9.17, 15) is 9.59 Å². The van der Waals surface area contributed by atoms with Crippen molar-refractivity contribution in [2.75, 3.05) is 26.4 Å². The maximum atomic E-state index is 12.0. The van der Waals surface area contributed by atoms with Gasteiger partial charge in [0.1, 0.15) is 12.2 Å². The minimum absolute atomic E-state index is 0.0193. The molecule has 0 heterocycles. The smallest absolute Gasteiger partial charge is 0.332 e. The molecule has 0 aromatic heterocycles. The first-order valence-electron chi connectivity index (χ1n) is 8.39. The monoisotopic (exact) mass is 330 g/mol. The Morgan fingerprint density at radius 3 is 2.26 bits per heavy atom. The quantitative estimate of drug-likeness (QED) is 0.503. The molecule has 0 atom stereocenters. The van der Waals surface area contributed by atoms with Crippen LogP contribution in [0.4, 0.5) is 0 Å². The molecule has 1 rings (SSSR count). The lowest BCUT2D eigenvalue weighted by molar-refractivity contribution is -0.162. The van der Waals surface area contributed by atoms with Crippen LogP contribution in [0.3, 0.4) is 0 Å². The molecule has 0 aliphatic heterocycles. The molecule has 6 nitrogen and oxygen atoms in total. The highest BCUT2D eigenvalue weighted by molar-refractivity contribution is 5.73. The van der Waals surface area contributed by atoms with E-state index < -0.39 is 5.60 Å². The molecule has 0 aromatic rings. The van der Waals surface area contributed by atoms with E-state index in [1.54, 1.807) is 6.92 Å². The Hall–Kier alpha value is -1.14. The first-order chi connectivity index (χ1) is 10.8. The predicted octanol–water partition coefficient (Wildman–Crippen LogP) is 2.48. The fourth-order valence-electron chi connectivity index (χ4n) is 2.48. The second-order valence-electron chi connectivity index (χ2n) is 6.74. The molecular weight excluding hydrogens is 300 g/mol. The van der Waals surface area contributed by atoms with E-state index in [0.29, 0.717) is 19.8 Å². The summed E-state index contributed by atoms with van der Waals surface area (Å²) in [4.78, 5) is 23.1. The van der Waals surface area contributed by atoms with Gasteiger partial charge in [0.05, 0.1) is 31.8 Å². The summed E-state index contributed by atoms with van der Waals surface area (Å²) < 4.78 is 21.1. The Morgan fingerprint density at radius 2 is 1.70 bits per heavy atom. The minimum Gasteiger partial charge on any atom is -0.464 e. The number of hydrogen-bond acceptors (Lipinski definition) is 6. The van der Waals surface area contributed by atoms with Crippen LogP contribution in [0, 0.1) is 5.92 Å². The molecule has 0 saturated heterocycles. The average molecular weight is 330 g/mol. The number of ether oxygens (including phenoxy) is 4. The summed E-state index contributed by atoms with van der Waals surface area (Å²) in [7, 11) is 0. The van der Waals surface area contributed by atoms with Crippen molar-refractivity contribution in [1.82, 2.24) is 0 Å². The maximum Gasteiger partial charge on any atom is 0.332 e. The zero-order valence-corrected chi connectivity index (χ0v) is 14.8. The lowest BCUT2D eigenvalue weighted by Crippen LogP contribution is -2.32. The van der Waals surface area contributed by atoms with Crippen LogP contribution in [0.25, 0.3) is 0 Å². The van der Waals surface area contributed by atoms with E-state index in [2.05, 4.69) is 0 Å². The van der Waals surface area contributed by atoms with Gasteiger partial charge in [0.2, 0.25) is 0 Å². The van der Waals surface area contributed by atoms with Gasteiger partial charge in [-0.15, -0.1) is 0 Å². The topological polar surface area (TPSA) is 71.1 Å². The molecule has 6 heteroatoms. The van der Waals surface area contributed by atoms with Gasteiger partial charge < -0.3 is 18.9 Å². The summed E-state index contributed by atoms with van der Waals surface area (Å²) in [5, 5.41) is 0. The standard InChI is InChI=1S/C17H30O6/c1-5-21-15(18)12-20-10-11-22-14-8-6-13(7-9-14)16(19)23-17(2,3)4/h13-14H,5-12H2,1-4H3. The van der Waals surface area contributed by atoms with Crippen LogP contribution >= 0.6 is 0 Å². The Labute approximate surface area is 138 Å². The van der Waals surface area contributed by atoms with Crippen molar-refractivity contribution >= 4 is 11.9 Å². The lowest BCUT2D eigenvalue weighted by Gasteiger charge is -2.29. The summed E-state index contributed by atoms with van der Waals surface area (Å²) in [5.74, 6) is -0.478. The third kappa shape index (κ3) is 8.91. The molecule has 0 bridgehead atoms. The van der Waals surface area contributed by atoms with E-state index in [1.165, 1.54) is 0 Å². The molecule has 1 fully saturated rings. The molecular formula is C17H30O6. The van der Waals surface area contributed by atoms with Crippen LogP contribution < -0.4 is 0 Å². The number of esters is 2. The van der Waals surface area contributed by atoms with E-state index in [-0.39, 0.29) is 30.6 Å². The van der Waals surface area contributed by atoms with Crippen molar-refractivity contribution in [2.24, 2.45) is 5.92 Å². The fraction of sp³-hybridized carbons (Fsp3) is 0.882. The maximum absolute atomic E-state index is 12.0. The van der Waals surface area contributed by atoms with Gasteiger partial charge in [0.15, 0.2) is 0 Å². The van der Waals surface area contributed by atoms with Crippen molar-refractivity contribution in [2.45, 2.75) is 65.1 Å². The summed E-state index contributed by atoms with van der Waals surface area (Å²) in [5.41, 5.74) is -0.430. The number of carbonyl (C=O) groups excluding carboxylic acids is 2. The molecule has 1 saturated carbocycles. The molecule has 0 amide bonds. The van der Waals surface area contributed by atoms with Crippen molar-refractivity contribution < 1.29 is 28.5 Å². The van der Waals surface area contributed by atoms with Gasteiger partial charge in [0.25, 0.3) is 0 Å². The second kappa shape index (κ2) is 9.88. The number of rotatable bonds is 8. The Kier molecular flexibility index (Phi) is 8.55. The second-order valence-corrected chi connectivity index (χ2v) is 6.74. The van der Waals surface area contributed by atoms with Crippen LogP contribution in [-0.4, -0.2) is 50.1 Å². The Bertz CT molecular complexity index is 366. The minimum atomic E-state index is -0.430. The molecule has 0 aromatic carbocycles. The van der Waals surface area contributed by atoms with Crippen molar-refractivity contribution in [3.05, 3.63) is 0 Å². The van der Waals surface area contributed by atoms with Gasteiger partial charge in [-0.1, -0.05) is 0 Å². The average Bonchev–Trinajstić information content (AvgIpc) is 2.46. The van der Waals surface area contributed by atoms with Crippen LogP contribution in [0.1, 0.15) is 53.4 Å². The molecule has 0 spiro atoms. The van der Waals surface area contributed by atoms with E-state index >= 15 is 0 Å². The van der Waals surface area contributed by atoms with Gasteiger partial charge in [-0.3, -0.25) is 4.79 Å². The number of carbonyl (C=O) groups is 2. The summed E-state index contributed by atoms with van der Waals surface area (Å²) in [6.07, 6.45) is 3.44. The third-order valence-electron chi connectivity index (χ3n) is 3.52. The van der Waals surface area contributed by atoms with Gasteiger partial charge in [0, 0.05) is 0 Å². The molecule has 134 valence electrons. The zero-order chi connectivity index (χ0) is 17.3. The normalized spacial score (nSPS) is 21.7. The highest BCUT2D eigenvalue weighted by Gasteiger charge is 2.30. The van der Waals surface area contributed by atoms with Gasteiger partial charge in [-0.05, 0) is 53.4 Å². The Balaban J connectivity index is 2.10. The molecule has 1 aliphatic carbocycles. The number of hydrogen-bond donors (Lipinski definition) is 0. The SMILES string of the molecule is CCOC(=O)COCCOC1CCC(C(=O)OC(C)(C)C)CC1. The molecule has 1 aliphatic rings. The Morgan fingerprint density at radius 1 is 1.04 bits per heavy atom. The molecule has 0 N–H and O–H groups in total. The largest absolute Gasteiger partial charge is 0.464 e. The van der Waals surface area contributed by atoms with Crippen molar-refractivity contribution in [3.63, 3.8) is 0 Å². The van der Waals surface area contributed by atoms with Crippen LogP contribution in [0.2, 0.25) is 0 Å². The first-order valence-corrected chi connectivity index (χ1v) is 8.39. The van der Waals surface area contributed by atoms with Crippen LogP contribution in [0.15, 0.2) is 0 Å². The zero-order valence-electron chi connectivity index (χ0n) is 14.8. The van der Waals surface area contributed by atoms with Crippen LogP contribution in [0.5, 0.6) is 0 Å². The van der Waals surface area contributed by atoms with Gasteiger partial charge in [-0.25, -0.2) is 4.79 Å².